The van der Waals surface area contributed by atoms with Crippen LogP contribution in [0.5, 0.6) is 5.75 Å². The Hall–Kier alpha value is -0.730. The molecule has 0 amide bonds. The molecule has 3 heteroatoms. The SMILES string of the molecule is CCC1CCCCN1CC(Cl)c1ccccc1OC. The van der Waals surface area contributed by atoms with Crippen LogP contribution in [-0.4, -0.2) is 31.1 Å². The van der Waals surface area contributed by atoms with Crippen LogP contribution < -0.4 is 4.74 Å². The van der Waals surface area contributed by atoms with Crippen LogP contribution in [0.25, 0.3) is 0 Å². The quantitative estimate of drug-likeness (QED) is 0.749. The van der Waals surface area contributed by atoms with Crippen LogP contribution in [-0.2, 0) is 0 Å². The van der Waals surface area contributed by atoms with Gasteiger partial charge in [-0.25, -0.2) is 0 Å². The van der Waals surface area contributed by atoms with E-state index in [1.165, 1.54) is 32.2 Å². The predicted octanol–water partition coefficient (Wildman–Crippen LogP) is 4.24. The molecule has 0 bridgehead atoms. The average molecular weight is 282 g/mol. The Morgan fingerprint density at radius 2 is 2.16 bits per heavy atom. The number of halogens is 1. The molecular formula is C16H24ClNO. The van der Waals surface area contributed by atoms with Gasteiger partial charge >= 0.3 is 0 Å². The number of benzene rings is 1. The number of hydrogen-bond donors (Lipinski definition) is 0. The summed E-state index contributed by atoms with van der Waals surface area (Å²) < 4.78 is 5.41. The van der Waals surface area contributed by atoms with Crippen LogP contribution in [0, 0.1) is 0 Å². The number of hydrogen-bond acceptors (Lipinski definition) is 2. The molecule has 1 heterocycles. The van der Waals surface area contributed by atoms with Crippen molar-refractivity contribution in [3.8, 4) is 5.75 Å². The molecule has 1 saturated heterocycles. The summed E-state index contributed by atoms with van der Waals surface area (Å²) in [5.74, 6) is 0.896. The summed E-state index contributed by atoms with van der Waals surface area (Å²) in [4.78, 5) is 2.55. The van der Waals surface area contributed by atoms with E-state index in [9.17, 15) is 0 Å². The van der Waals surface area contributed by atoms with E-state index < -0.39 is 0 Å². The molecule has 1 aliphatic heterocycles. The normalized spacial score (nSPS) is 22.2. The maximum Gasteiger partial charge on any atom is 0.123 e. The topological polar surface area (TPSA) is 12.5 Å². The average Bonchev–Trinajstić information content (AvgIpc) is 2.47. The van der Waals surface area contributed by atoms with E-state index >= 15 is 0 Å². The van der Waals surface area contributed by atoms with Gasteiger partial charge in [-0.15, -0.1) is 11.6 Å². The predicted molar refractivity (Wildman–Crippen MR) is 81.1 cm³/mol. The molecule has 1 aromatic rings. The molecule has 2 unspecified atom stereocenters. The number of nitrogens with zero attached hydrogens (tertiary/aromatic N) is 1. The van der Waals surface area contributed by atoms with Crippen LogP contribution in [0.3, 0.4) is 0 Å². The molecule has 106 valence electrons. The van der Waals surface area contributed by atoms with Crippen molar-refractivity contribution >= 4 is 11.6 Å². The first kappa shape index (κ1) is 14.7. The van der Waals surface area contributed by atoms with Crippen molar-refractivity contribution in [3.05, 3.63) is 29.8 Å². The Balaban J connectivity index is 2.05. The third-order valence-corrected chi connectivity index (χ3v) is 4.46. The lowest BCUT2D eigenvalue weighted by atomic mass is 9.99. The second-order valence-electron chi connectivity index (χ2n) is 5.26. The Morgan fingerprint density at radius 3 is 2.89 bits per heavy atom. The number of piperidine rings is 1. The van der Waals surface area contributed by atoms with Gasteiger partial charge in [-0.3, -0.25) is 4.90 Å². The molecule has 0 spiro atoms. The van der Waals surface area contributed by atoms with E-state index in [0.29, 0.717) is 6.04 Å². The second kappa shape index (κ2) is 7.16. The lowest BCUT2D eigenvalue weighted by molar-refractivity contribution is 0.144. The second-order valence-corrected chi connectivity index (χ2v) is 5.79. The van der Waals surface area contributed by atoms with Gasteiger partial charge in [0.25, 0.3) is 0 Å². The highest BCUT2D eigenvalue weighted by molar-refractivity contribution is 6.21. The monoisotopic (exact) mass is 281 g/mol. The van der Waals surface area contributed by atoms with Crippen LogP contribution in [0.1, 0.15) is 43.5 Å². The minimum absolute atomic E-state index is 0.00306. The third-order valence-electron chi connectivity index (χ3n) is 4.09. The van der Waals surface area contributed by atoms with Gasteiger partial charge in [0, 0.05) is 18.2 Å². The lowest BCUT2D eigenvalue weighted by Gasteiger charge is -2.36. The fourth-order valence-electron chi connectivity index (χ4n) is 2.99. The highest BCUT2D eigenvalue weighted by Gasteiger charge is 2.24. The Kier molecular flexibility index (Phi) is 5.53. The molecule has 0 saturated carbocycles. The van der Waals surface area contributed by atoms with E-state index in [1.54, 1.807) is 7.11 Å². The van der Waals surface area contributed by atoms with Crippen molar-refractivity contribution in [1.82, 2.24) is 4.90 Å². The van der Waals surface area contributed by atoms with Crippen molar-refractivity contribution in [2.45, 2.75) is 44.0 Å². The number of methoxy groups -OCH3 is 1. The molecule has 1 fully saturated rings. The molecule has 0 aromatic heterocycles. The van der Waals surface area contributed by atoms with Gasteiger partial charge in [0.1, 0.15) is 5.75 Å². The molecule has 0 aliphatic carbocycles. The maximum atomic E-state index is 6.62. The molecule has 1 aromatic carbocycles. The third kappa shape index (κ3) is 3.64. The summed E-state index contributed by atoms with van der Waals surface area (Å²) >= 11 is 6.62. The molecule has 2 rings (SSSR count). The maximum absolute atomic E-state index is 6.62. The summed E-state index contributed by atoms with van der Waals surface area (Å²) in [6.45, 7) is 4.37. The van der Waals surface area contributed by atoms with Crippen LogP contribution in [0.2, 0.25) is 0 Å². The standard InChI is InChI=1S/C16H24ClNO/c1-3-13-8-6-7-11-18(13)12-15(17)14-9-4-5-10-16(14)19-2/h4-5,9-10,13,15H,3,6-8,11-12H2,1-2H3. The van der Waals surface area contributed by atoms with Gasteiger partial charge in [-0.1, -0.05) is 31.5 Å². The van der Waals surface area contributed by atoms with Gasteiger partial charge in [-0.05, 0) is 31.9 Å². The van der Waals surface area contributed by atoms with Crippen LogP contribution in [0.15, 0.2) is 24.3 Å². The zero-order valence-corrected chi connectivity index (χ0v) is 12.7. The number of para-hydroxylation sites is 1. The fraction of sp³-hybridized carbons (Fsp3) is 0.625. The molecule has 2 nitrogen and oxygen atoms in total. The van der Waals surface area contributed by atoms with Crippen molar-refractivity contribution < 1.29 is 4.74 Å². The van der Waals surface area contributed by atoms with Gasteiger partial charge in [0.15, 0.2) is 0 Å². The van der Waals surface area contributed by atoms with Gasteiger partial charge in [-0.2, -0.15) is 0 Å². The molecule has 1 aliphatic rings. The van der Waals surface area contributed by atoms with E-state index in [-0.39, 0.29) is 5.38 Å². The van der Waals surface area contributed by atoms with E-state index in [1.807, 2.05) is 18.2 Å². The first-order valence-corrected chi connectivity index (χ1v) is 7.71. The fourth-order valence-corrected chi connectivity index (χ4v) is 3.35. The number of likely N-dealkylation sites (tertiary alicyclic amines) is 1. The first-order chi connectivity index (χ1) is 9.26. The number of ether oxygens (including phenoxy) is 1. The van der Waals surface area contributed by atoms with Crippen LogP contribution >= 0.6 is 11.6 Å². The van der Waals surface area contributed by atoms with Crippen molar-refractivity contribution in [1.29, 1.82) is 0 Å². The zero-order chi connectivity index (χ0) is 13.7. The highest BCUT2D eigenvalue weighted by atomic mass is 35.5. The van der Waals surface area contributed by atoms with Gasteiger partial charge in [0.2, 0.25) is 0 Å². The number of rotatable bonds is 5. The Morgan fingerprint density at radius 1 is 1.37 bits per heavy atom. The van der Waals surface area contributed by atoms with E-state index in [0.717, 1.165) is 17.9 Å². The minimum Gasteiger partial charge on any atom is -0.496 e. The van der Waals surface area contributed by atoms with Crippen molar-refractivity contribution in [2.75, 3.05) is 20.2 Å². The molecule has 0 N–H and O–H groups in total. The van der Waals surface area contributed by atoms with Crippen molar-refractivity contribution in [3.63, 3.8) is 0 Å². The molecule has 19 heavy (non-hydrogen) atoms. The zero-order valence-electron chi connectivity index (χ0n) is 11.9. The minimum atomic E-state index is 0.00306. The summed E-state index contributed by atoms with van der Waals surface area (Å²) in [7, 11) is 1.71. The van der Waals surface area contributed by atoms with Gasteiger partial charge < -0.3 is 4.74 Å². The van der Waals surface area contributed by atoms with Gasteiger partial charge in [0.05, 0.1) is 12.5 Å². The Bertz CT molecular complexity index is 396. The molecule has 2 atom stereocenters. The lowest BCUT2D eigenvalue weighted by Crippen LogP contribution is -2.40. The Labute approximate surface area is 121 Å². The summed E-state index contributed by atoms with van der Waals surface area (Å²) in [6, 6.07) is 8.77. The first-order valence-electron chi connectivity index (χ1n) is 7.27. The summed E-state index contributed by atoms with van der Waals surface area (Å²) in [6.07, 6.45) is 5.18. The molecule has 0 radical (unpaired) electrons. The number of alkyl halides is 1. The molecular weight excluding hydrogens is 258 g/mol. The summed E-state index contributed by atoms with van der Waals surface area (Å²) in [5, 5.41) is 0.00306. The highest BCUT2D eigenvalue weighted by Crippen LogP contribution is 2.32. The van der Waals surface area contributed by atoms with E-state index in [4.69, 9.17) is 16.3 Å². The summed E-state index contributed by atoms with van der Waals surface area (Å²) in [5.41, 5.74) is 1.10. The van der Waals surface area contributed by atoms with E-state index in [2.05, 4.69) is 17.9 Å². The van der Waals surface area contributed by atoms with Crippen LogP contribution in [0.4, 0.5) is 0 Å². The van der Waals surface area contributed by atoms with Crippen molar-refractivity contribution in [2.24, 2.45) is 0 Å². The smallest absolute Gasteiger partial charge is 0.123 e. The largest absolute Gasteiger partial charge is 0.496 e.